The van der Waals surface area contributed by atoms with Crippen LogP contribution in [-0.2, 0) is 4.79 Å². The highest BCUT2D eigenvalue weighted by molar-refractivity contribution is 5.91. The first kappa shape index (κ1) is 22.4. The Morgan fingerprint density at radius 3 is 2.56 bits per heavy atom. The smallest absolute Gasteiger partial charge is 0.269 e. The summed E-state index contributed by atoms with van der Waals surface area (Å²) in [5.74, 6) is 1.34. The summed E-state index contributed by atoms with van der Waals surface area (Å²) >= 11 is 0. The number of hydrogen-bond acceptors (Lipinski definition) is 8. The summed E-state index contributed by atoms with van der Waals surface area (Å²) in [6.45, 7) is 0.465. The predicted octanol–water partition coefficient (Wildman–Crippen LogP) is 2.92. The van der Waals surface area contributed by atoms with Gasteiger partial charge in [-0.05, 0) is 54.1 Å². The van der Waals surface area contributed by atoms with E-state index in [9.17, 15) is 14.9 Å². The van der Waals surface area contributed by atoms with Crippen LogP contribution in [0.15, 0.2) is 66.7 Å². The van der Waals surface area contributed by atoms with Gasteiger partial charge in [-0.2, -0.15) is 4.52 Å². The van der Waals surface area contributed by atoms with Gasteiger partial charge in [0, 0.05) is 29.8 Å². The highest BCUT2D eigenvalue weighted by atomic mass is 16.6. The summed E-state index contributed by atoms with van der Waals surface area (Å²) in [4.78, 5) is 22.2. The molecular weight excluding hydrogens is 440 g/mol. The maximum Gasteiger partial charge on any atom is 0.269 e. The van der Waals surface area contributed by atoms with Crippen molar-refractivity contribution in [1.82, 2.24) is 25.1 Å². The van der Waals surface area contributed by atoms with Gasteiger partial charge in [-0.25, -0.2) is 0 Å². The lowest BCUT2D eigenvalue weighted by atomic mass is 10.2. The molecule has 1 N–H and O–H groups in total. The highest BCUT2D eigenvalue weighted by Crippen LogP contribution is 2.21. The topological polar surface area (TPSA) is 134 Å². The van der Waals surface area contributed by atoms with Gasteiger partial charge in [-0.15, -0.1) is 15.3 Å². The van der Waals surface area contributed by atoms with Crippen LogP contribution in [0, 0.1) is 10.1 Å². The van der Waals surface area contributed by atoms with Crippen molar-refractivity contribution in [2.24, 2.45) is 0 Å². The predicted molar refractivity (Wildman–Crippen MR) is 123 cm³/mol. The van der Waals surface area contributed by atoms with Crippen molar-refractivity contribution in [2.75, 3.05) is 20.3 Å². The summed E-state index contributed by atoms with van der Waals surface area (Å²) in [5, 5.41) is 26.1. The number of carbonyl (C=O) groups excluding carboxylic acids is 1. The number of nitrogens with one attached hydrogen (secondary N) is 1. The van der Waals surface area contributed by atoms with Gasteiger partial charge in [-0.3, -0.25) is 14.9 Å². The molecular formula is C23H20N6O5. The minimum Gasteiger partial charge on any atom is -0.497 e. The zero-order valence-electron chi connectivity index (χ0n) is 18.1. The number of nitro groups is 1. The van der Waals surface area contributed by atoms with E-state index in [1.54, 1.807) is 42.0 Å². The number of carbonyl (C=O) groups is 1. The SMILES string of the molecule is COc1ccc(-c2nnc3ccc(OCCNC(=O)/C=C/c4ccc([N+](=O)[O-])cc4)nn23)cc1. The van der Waals surface area contributed by atoms with Gasteiger partial charge in [0.2, 0.25) is 11.8 Å². The Bertz CT molecular complexity index is 1330. The number of nitro benzene ring substituents is 1. The number of hydrogen-bond donors (Lipinski definition) is 1. The molecule has 34 heavy (non-hydrogen) atoms. The molecule has 0 atom stereocenters. The number of non-ortho nitro benzene ring substituents is 1. The zero-order valence-corrected chi connectivity index (χ0v) is 18.1. The van der Waals surface area contributed by atoms with E-state index >= 15 is 0 Å². The van der Waals surface area contributed by atoms with Gasteiger partial charge in [0.05, 0.1) is 18.6 Å². The van der Waals surface area contributed by atoms with Crippen LogP contribution in [0.4, 0.5) is 5.69 Å². The van der Waals surface area contributed by atoms with Crippen LogP contribution in [0.2, 0.25) is 0 Å². The zero-order chi connectivity index (χ0) is 23.9. The van der Waals surface area contributed by atoms with Gasteiger partial charge < -0.3 is 14.8 Å². The van der Waals surface area contributed by atoms with Crippen molar-refractivity contribution in [3.63, 3.8) is 0 Å². The van der Waals surface area contributed by atoms with Crippen molar-refractivity contribution in [3.8, 4) is 23.0 Å². The second kappa shape index (κ2) is 10.2. The Kier molecular flexibility index (Phi) is 6.73. The van der Waals surface area contributed by atoms with E-state index < -0.39 is 4.92 Å². The lowest BCUT2D eigenvalue weighted by Crippen LogP contribution is -2.26. The largest absolute Gasteiger partial charge is 0.497 e. The van der Waals surface area contributed by atoms with Crippen LogP contribution in [0.25, 0.3) is 23.1 Å². The van der Waals surface area contributed by atoms with E-state index in [1.807, 2.05) is 24.3 Å². The Labute approximate surface area is 193 Å². The fourth-order valence-electron chi connectivity index (χ4n) is 3.04. The van der Waals surface area contributed by atoms with E-state index in [1.165, 1.54) is 18.2 Å². The molecule has 0 bridgehead atoms. The van der Waals surface area contributed by atoms with Crippen molar-refractivity contribution in [2.45, 2.75) is 0 Å². The molecule has 0 fully saturated rings. The Morgan fingerprint density at radius 1 is 1.09 bits per heavy atom. The average molecular weight is 460 g/mol. The highest BCUT2D eigenvalue weighted by Gasteiger charge is 2.11. The molecule has 4 rings (SSSR count). The number of aromatic nitrogens is 4. The normalized spacial score (nSPS) is 11.0. The van der Waals surface area contributed by atoms with Crippen molar-refractivity contribution in [1.29, 1.82) is 0 Å². The molecule has 0 spiro atoms. The number of nitrogens with zero attached hydrogens (tertiary/aromatic N) is 5. The molecule has 0 saturated heterocycles. The van der Waals surface area contributed by atoms with Crippen molar-refractivity contribution < 1.29 is 19.2 Å². The van der Waals surface area contributed by atoms with Crippen LogP contribution < -0.4 is 14.8 Å². The third-order valence-corrected chi connectivity index (χ3v) is 4.77. The first-order valence-electron chi connectivity index (χ1n) is 10.2. The van der Waals surface area contributed by atoms with E-state index in [-0.39, 0.29) is 24.7 Å². The van der Waals surface area contributed by atoms with E-state index in [2.05, 4.69) is 20.6 Å². The Balaban J connectivity index is 1.31. The van der Waals surface area contributed by atoms with Crippen LogP contribution in [0.3, 0.4) is 0 Å². The number of amides is 1. The van der Waals surface area contributed by atoms with E-state index in [0.717, 1.165) is 11.3 Å². The van der Waals surface area contributed by atoms with Crippen LogP contribution in [-0.4, -0.2) is 50.9 Å². The molecule has 0 aliphatic heterocycles. The van der Waals surface area contributed by atoms with Gasteiger partial charge >= 0.3 is 0 Å². The minimum absolute atomic E-state index is 0.00635. The summed E-state index contributed by atoms with van der Waals surface area (Å²) < 4.78 is 12.4. The molecule has 2 heterocycles. The van der Waals surface area contributed by atoms with Gasteiger partial charge in [-0.1, -0.05) is 0 Å². The molecule has 2 aromatic heterocycles. The molecule has 0 aliphatic carbocycles. The molecule has 4 aromatic rings. The summed E-state index contributed by atoms with van der Waals surface area (Å²) in [5.41, 5.74) is 2.07. The number of rotatable bonds is 9. The molecule has 172 valence electrons. The Hall–Kier alpha value is -4.80. The number of methoxy groups -OCH3 is 1. The molecule has 11 heteroatoms. The van der Waals surface area contributed by atoms with Gasteiger partial charge in [0.25, 0.3) is 5.69 Å². The third kappa shape index (κ3) is 5.33. The number of fused-ring (bicyclic) bond motifs is 1. The summed E-state index contributed by atoms with van der Waals surface area (Å²) in [6.07, 6.45) is 2.92. The van der Waals surface area contributed by atoms with E-state index in [4.69, 9.17) is 9.47 Å². The molecule has 11 nitrogen and oxygen atoms in total. The molecule has 0 saturated carbocycles. The second-order valence-corrected chi connectivity index (χ2v) is 7.02. The Morgan fingerprint density at radius 2 is 1.85 bits per heavy atom. The molecule has 1 amide bonds. The first-order valence-corrected chi connectivity index (χ1v) is 10.2. The number of benzene rings is 2. The second-order valence-electron chi connectivity index (χ2n) is 7.02. The summed E-state index contributed by atoms with van der Waals surface area (Å²) in [7, 11) is 1.60. The van der Waals surface area contributed by atoms with Crippen LogP contribution in [0.5, 0.6) is 11.6 Å². The molecule has 2 aromatic carbocycles. The van der Waals surface area contributed by atoms with Gasteiger partial charge in [0.1, 0.15) is 12.4 Å². The fraction of sp³-hybridized carbons (Fsp3) is 0.130. The maximum atomic E-state index is 12.0. The molecule has 0 aliphatic rings. The maximum absolute atomic E-state index is 12.0. The van der Waals surface area contributed by atoms with Crippen molar-refractivity contribution in [3.05, 3.63) is 82.4 Å². The van der Waals surface area contributed by atoms with Crippen LogP contribution >= 0.6 is 0 Å². The monoisotopic (exact) mass is 460 g/mol. The first-order chi connectivity index (χ1) is 16.5. The fourth-order valence-corrected chi connectivity index (χ4v) is 3.04. The molecule has 0 unspecified atom stereocenters. The van der Waals surface area contributed by atoms with Crippen LogP contribution in [0.1, 0.15) is 5.56 Å². The molecule has 0 radical (unpaired) electrons. The summed E-state index contributed by atoms with van der Waals surface area (Å²) in [6, 6.07) is 16.7. The average Bonchev–Trinajstić information content (AvgIpc) is 3.29. The lowest BCUT2D eigenvalue weighted by molar-refractivity contribution is -0.384. The van der Waals surface area contributed by atoms with E-state index in [0.29, 0.717) is 22.9 Å². The van der Waals surface area contributed by atoms with Gasteiger partial charge in [0.15, 0.2) is 11.5 Å². The minimum atomic E-state index is -0.476. The standard InChI is InChI=1S/C23H20N6O5/c1-33-19-9-5-17(6-10-19)23-26-25-20-11-13-22(27-28(20)23)34-15-14-24-21(30)12-4-16-2-7-18(8-3-16)29(31)32/h2-13H,14-15H2,1H3,(H,24,30)/b12-4+. The lowest BCUT2D eigenvalue weighted by Gasteiger charge is -2.07. The third-order valence-electron chi connectivity index (χ3n) is 4.77. The van der Waals surface area contributed by atoms with Crippen molar-refractivity contribution >= 4 is 23.3 Å². The number of ether oxygens (including phenoxy) is 2. The quantitative estimate of drug-likeness (QED) is 0.174.